The Hall–Kier alpha value is -0.930. The van der Waals surface area contributed by atoms with E-state index in [0.29, 0.717) is 0 Å². The Labute approximate surface area is 129 Å². The Kier molecular flexibility index (Phi) is 4.91. The van der Waals surface area contributed by atoms with Crippen molar-refractivity contribution in [2.75, 3.05) is 26.2 Å². The molecule has 3 rings (SSSR count). The van der Waals surface area contributed by atoms with E-state index in [2.05, 4.69) is 40.8 Å². The molecule has 2 saturated heterocycles. The maximum Gasteiger partial charge on any atom is 0.0271 e. The van der Waals surface area contributed by atoms with Crippen molar-refractivity contribution in [1.29, 1.82) is 0 Å². The van der Waals surface area contributed by atoms with Crippen LogP contribution in [0.3, 0.4) is 0 Å². The van der Waals surface area contributed by atoms with Gasteiger partial charge in [0.2, 0.25) is 0 Å². The van der Waals surface area contributed by atoms with Gasteiger partial charge in [0.1, 0.15) is 0 Å². The summed E-state index contributed by atoms with van der Waals surface area (Å²) in [5.74, 6) is 1.76. The average molecular weight is 287 g/mol. The van der Waals surface area contributed by atoms with E-state index in [1.807, 2.05) is 12.4 Å². The summed E-state index contributed by atoms with van der Waals surface area (Å²) in [7, 11) is 0. The smallest absolute Gasteiger partial charge is 0.0271 e. The van der Waals surface area contributed by atoms with E-state index in [9.17, 15) is 0 Å². The lowest BCUT2D eigenvalue weighted by atomic mass is 9.89. The van der Waals surface area contributed by atoms with Crippen molar-refractivity contribution >= 4 is 0 Å². The molecule has 0 amide bonds. The van der Waals surface area contributed by atoms with Gasteiger partial charge in [0.25, 0.3) is 0 Å². The van der Waals surface area contributed by atoms with Gasteiger partial charge >= 0.3 is 0 Å². The molecule has 2 fully saturated rings. The van der Waals surface area contributed by atoms with Crippen LogP contribution in [0.5, 0.6) is 0 Å². The zero-order chi connectivity index (χ0) is 14.7. The summed E-state index contributed by atoms with van der Waals surface area (Å²) >= 11 is 0. The summed E-state index contributed by atoms with van der Waals surface area (Å²) in [5, 5.41) is 0. The molecule has 0 aromatic carbocycles. The minimum Gasteiger partial charge on any atom is -0.300 e. The van der Waals surface area contributed by atoms with E-state index >= 15 is 0 Å². The molecule has 2 atom stereocenters. The molecule has 3 heterocycles. The number of piperidine rings is 2. The average Bonchev–Trinajstić information content (AvgIpc) is 2.48. The fourth-order valence-corrected chi connectivity index (χ4v) is 4.20. The second-order valence-electron chi connectivity index (χ2n) is 7.26. The van der Waals surface area contributed by atoms with Gasteiger partial charge in [-0.3, -0.25) is 14.8 Å². The number of nitrogens with zero attached hydrogens (tertiary/aromatic N) is 3. The highest BCUT2D eigenvalue weighted by atomic mass is 15.2. The molecule has 1 aromatic heterocycles. The van der Waals surface area contributed by atoms with Gasteiger partial charge in [0.15, 0.2) is 0 Å². The highest BCUT2D eigenvalue weighted by Gasteiger charge is 2.29. The van der Waals surface area contributed by atoms with E-state index < -0.39 is 0 Å². The third-order valence-electron chi connectivity index (χ3n) is 5.13. The zero-order valence-electron chi connectivity index (χ0n) is 13.5. The Morgan fingerprint density at radius 1 is 1.05 bits per heavy atom. The van der Waals surface area contributed by atoms with Crippen LogP contribution in [-0.2, 0) is 6.54 Å². The van der Waals surface area contributed by atoms with E-state index in [1.165, 1.54) is 51.0 Å². The summed E-state index contributed by atoms with van der Waals surface area (Å²) in [6, 6.07) is 5.10. The normalized spacial score (nSPS) is 29.6. The Morgan fingerprint density at radius 2 is 1.67 bits per heavy atom. The van der Waals surface area contributed by atoms with Crippen molar-refractivity contribution < 1.29 is 0 Å². The summed E-state index contributed by atoms with van der Waals surface area (Å²) in [6.45, 7) is 11.0. The molecule has 2 aliphatic heterocycles. The van der Waals surface area contributed by atoms with Gasteiger partial charge in [-0.2, -0.15) is 0 Å². The van der Waals surface area contributed by atoms with Gasteiger partial charge < -0.3 is 0 Å². The van der Waals surface area contributed by atoms with E-state index in [1.54, 1.807) is 0 Å². The van der Waals surface area contributed by atoms with Crippen LogP contribution in [-0.4, -0.2) is 47.0 Å². The van der Waals surface area contributed by atoms with Gasteiger partial charge in [-0.1, -0.05) is 13.8 Å². The first kappa shape index (κ1) is 15.0. The largest absolute Gasteiger partial charge is 0.300 e. The number of rotatable bonds is 3. The number of aromatic nitrogens is 1. The van der Waals surface area contributed by atoms with Crippen LogP contribution in [0.1, 0.15) is 38.7 Å². The maximum absolute atomic E-state index is 4.10. The van der Waals surface area contributed by atoms with Crippen LogP contribution in [0.4, 0.5) is 0 Å². The minimum absolute atomic E-state index is 0.823. The maximum atomic E-state index is 4.10. The molecular formula is C18H29N3. The summed E-state index contributed by atoms with van der Waals surface area (Å²) in [5.41, 5.74) is 1.39. The van der Waals surface area contributed by atoms with Crippen LogP contribution in [0.2, 0.25) is 0 Å². The van der Waals surface area contributed by atoms with Gasteiger partial charge in [0.05, 0.1) is 0 Å². The molecule has 21 heavy (non-hydrogen) atoms. The molecule has 3 nitrogen and oxygen atoms in total. The monoisotopic (exact) mass is 287 g/mol. The number of hydrogen-bond acceptors (Lipinski definition) is 3. The first-order valence-corrected chi connectivity index (χ1v) is 8.56. The summed E-state index contributed by atoms with van der Waals surface area (Å²) < 4.78 is 0. The minimum atomic E-state index is 0.823. The van der Waals surface area contributed by atoms with Crippen LogP contribution >= 0.6 is 0 Å². The van der Waals surface area contributed by atoms with Crippen molar-refractivity contribution in [2.24, 2.45) is 11.8 Å². The molecule has 0 saturated carbocycles. The van der Waals surface area contributed by atoms with E-state index in [0.717, 1.165) is 24.4 Å². The molecule has 0 radical (unpaired) electrons. The number of likely N-dealkylation sites (tertiary alicyclic amines) is 2. The first-order chi connectivity index (χ1) is 10.2. The molecule has 0 N–H and O–H groups in total. The fourth-order valence-electron chi connectivity index (χ4n) is 4.20. The lowest BCUT2D eigenvalue weighted by Gasteiger charge is -2.43. The first-order valence-electron chi connectivity index (χ1n) is 8.56. The van der Waals surface area contributed by atoms with Crippen LogP contribution < -0.4 is 0 Å². The second kappa shape index (κ2) is 6.89. The third-order valence-corrected chi connectivity index (χ3v) is 5.13. The Morgan fingerprint density at radius 3 is 2.29 bits per heavy atom. The van der Waals surface area contributed by atoms with Crippen LogP contribution in [0.15, 0.2) is 24.5 Å². The van der Waals surface area contributed by atoms with Crippen molar-refractivity contribution in [1.82, 2.24) is 14.8 Å². The summed E-state index contributed by atoms with van der Waals surface area (Å²) in [6.07, 6.45) is 7.89. The predicted molar refractivity (Wildman–Crippen MR) is 87.1 cm³/mol. The van der Waals surface area contributed by atoms with Crippen molar-refractivity contribution in [3.05, 3.63) is 30.1 Å². The van der Waals surface area contributed by atoms with Crippen molar-refractivity contribution in [3.63, 3.8) is 0 Å². The number of hydrogen-bond donors (Lipinski definition) is 0. The Balaban J connectivity index is 1.48. The predicted octanol–water partition coefficient (Wildman–Crippen LogP) is 3.02. The molecule has 3 heteroatoms. The SMILES string of the molecule is C[C@@H]1C[C@@H](C)CN(C2CCN(Cc3ccncc3)CC2)C1. The van der Waals surface area contributed by atoms with E-state index in [-0.39, 0.29) is 0 Å². The third kappa shape index (κ3) is 4.04. The summed E-state index contributed by atoms with van der Waals surface area (Å²) in [4.78, 5) is 9.48. The molecule has 116 valence electrons. The highest BCUT2D eigenvalue weighted by Crippen LogP contribution is 2.26. The van der Waals surface area contributed by atoms with Crippen LogP contribution in [0.25, 0.3) is 0 Å². The molecule has 0 unspecified atom stereocenters. The van der Waals surface area contributed by atoms with Crippen LogP contribution in [0, 0.1) is 11.8 Å². The lowest BCUT2D eigenvalue weighted by Crippen LogP contribution is -2.49. The van der Waals surface area contributed by atoms with E-state index in [4.69, 9.17) is 0 Å². The standard InChI is InChI=1S/C18H29N3/c1-15-11-16(2)13-21(12-15)18-5-9-20(10-6-18)14-17-3-7-19-8-4-17/h3-4,7-8,15-16,18H,5-6,9-14H2,1-2H3/t15-,16-/m1/s1. The molecule has 0 spiro atoms. The van der Waals surface area contributed by atoms with Gasteiger partial charge in [0, 0.05) is 38.1 Å². The van der Waals surface area contributed by atoms with Gasteiger partial charge in [-0.05, 0) is 61.9 Å². The molecule has 1 aromatic rings. The highest BCUT2D eigenvalue weighted by molar-refractivity contribution is 5.09. The quantitative estimate of drug-likeness (QED) is 0.852. The second-order valence-corrected chi connectivity index (χ2v) is 7.26. The molecule has 2 aliphatic rings. The zero-order valence-corrected chi connectivity index (χ0v) is 13.5. The van der Waals surface area contributed by atoms with Crippen molar-refractivity contribution in [3.8, 4) is 0 Å². The number of pyridine rings is 1. The fraction of sp³-hybridized carbons (Fsp3) is 0.722. The molecule has 0 aliphatic carbocycles. The van der Waals surface area contributed by atoms with Gasteiger partial charge in [-0.25, -0.2) is 0 Å². The Bertz CT molecular complexity index is 415. The van der Waals surface area contributed by atoms with Gasteiger partial charge in [-0.15, -0.1) is 0 Å². The lowest BCUT2D eigenvalue weighted by molar-refractivity contribution is 0.0530. The topological polar surface area (TPSA) is 19.4 Å². The molecule has 0 bridgehead atoms. The molecular weight excluding hydrogens is 258 g/mol. The van der Waals surface area contributed by atoms with Crippen molar-refractivity contribution in [2.45, 2.75) is 45.7 Å².